The lowest BCUT2D eigenvalue weighted by atomic mass is 9.99. The Labute approximate surface area is 111 Å². The first kappa shape index (κ1) is 11.9. The van der Waals surface area contributed by atoms with Crippen molar-refractivity contribution in [1.29, 1.82) is 0 Å². The highest BCUT2D eigenvalue weighted by atomic mass is 16.3. The number of aromatic nitrogens is 1. The van der Waals surface area contributed by atoms with Crippen LogP contribution in [0.2, 0.25) is 0 Å². The fraction of sp³-hybridized carbons (Fsp3) is 0.200. The molecule has 0 aliphatic carbocycles. The molecule has 0 spiro atoms. The highest BCUT2D eigenvalue weighted by Gasteiger charge is 2.47. The Morgan fingerprint density at radius 3 is 2.58 bits per heavy atom. The normalized spacial score (nSPS) is 21.6. The number of hydrogen-bond acceptors (Lipinski definition) is 3. The van der Waals surface area contributed by atoms with Crippen LogP contribution in [0.5, 0.6) is 0 Å². The number of amides is 1. The molecule has 1 N–H and O–H groups in total. The van der Waals surface area contributed by atoms with E-state index in [1.807, 2.05) is 19.1 Å². The van der Waals surface area contributed by atoms with Crippen molar-refractivity contribution in [2.75, 3.05) is 4.90 Å². The van der Waals surface area contributed by atoms with E-state index in [-0.39, 0.29) is 5.91 Å². The van der Waals surface area contributed by atoms with Gasteiger partial charge in [0.25, 0.3) is 5.91 Å². The number of benzene rings is 1. The van der Waals surface area contributed by atoms with Crippen LogP contribution in [0.4, 0.5) is 5.69 Å². The quantitative estimate of drug-likeness (QED) is 0.894. The average Bonchev–Trinajstić information content (AvgIpc) is 2.70. The molecule has 1 aromatic heterocycles. The molecule has 1 aliphatic rings. The number of hydrogen-bond donors (Lipinski definition) is 1. The first-order chi connectivity index (χ1) is 9.18. The minimum absolute atomic E-state index is 0.175. The number of anilines is 1. The van der Waals surface area contributed by atoms with Crippen LogP contribution in [0.15, 0.2) is 48.8 Å². The van der Waals surface area contributed by atoms with Crippen LogP contribution < -0.4 is 4.90 Å². The molecule has 1 aliphatic heterocycles. The van der Waals surface area contributed by atoms with E-state index in [1.54, 1.807) is 36.7 Å². The fourth-order valence-corrected chi connectivity index (χ4v) is 2.60. The van der Waals surface area contributed by atoms with Gasteiger partial charge in [0.05, 0.1) is 5.69 Å². The maximum absolute atomic E-state index is 12.5. The summed E-state index contributed by atoms with van der Waals surface area (Å²) < 4.78 is 0. The lowest BCUT2D eigenvalue weighted by Crippen LogP contribution is -2.43. The van der Waals surface area contributed by atoms with Crippen LogP contribution in [-0.2, 0) is 5.72 Å². The van der Waals surface area contributed by atoms with E-state index in [9.17, 15) is 9.90 Å². The van der Waals surface area contributed by atoms with E-state index in [2.05, 4.69) is 4.98 Å². The molecule has 4 heteroatoms. The topological polar surface area (TPSA) is 53.4 Å². The summed E-state index contributed by atoms with van der Waals surface area (Å²) in [5, 5.41) is 10.9. The maximum atomic E-state index is 12.5. The Morgan fingerprint density at radius 2 is 1.89 bits per heavy atom. The first-order valence-corrected chi connectivity index (χ1v) is 6.25. The second-order valence-electron chi connectivity index (χ2n) is 4.56. The molecule has 0 radical (unpaired) electrons. The van der Waals surface area contributed by atoms with Gasteiger partial charge < -0.3 is 5.11 Å². The monoisotopic (exact) mass is 254 g/mol. The van der Waals surface area contributed by atoms with E-state index in [0.29, 0.717) is 23.2 Å². The number of fused-ring (bicyclic) bond motifs is 1. The fourth-order valence-electron chi connectivity index (χ4n) is 2.60. The Balaban J connectivity index is 2.20. The highest BCUT2D eigenvalue weighted by Crippen LogP contribution is 2.42. The standard InChI is InChI=1S/C15H14N2O2/c1-2-15(19)13-6-4-3-5-12(13)14(18)17(15)11-7-9-16-10-8-11/h3-10,19H,2H2,1H3. The van der Waals surface area contributed by atoms with Gasteiger partial charge in [-0.25, -0.2) is 0 Å². The summed E-state index contributed by atoms with van der Waals surface area (Å²) in [4.78, 5) is 17.9. The number of rotatable bonds is 2. The Hall–Kier alpha value is -2.20. The second-order valence-corrected chi connectivity index (χ2v) is 4.56. The predicted octanol–water partition coefficient (Wildman–Crippen LogP) is 2.30. The van der Waals surface area contributed by atoms with Crippen molar-refractivity contribution in [3.05, 3.63) is 59.9 Å². The van der Waals surface area contributed by atoms with Crippen LogP contribution in [0, 0.1) is 0 Å². The molecule has 1 unspecified atom stereocenters. The molecule has 19 heavy (non-hydrogen) atoms. The van der Waals surface area contributed by atoms with Gasteiger partial charge in [0.15, 0.2) is 5.72 Å². The molecule has 3 rings (SSSR count). The Bertz CT molecular complexity index is 627. The molecule has 2 aromatic rings. The van der Waals surface area contributed by atoms with Gasteiger partial charge in [0, 0.05) is 23.5 Å². The van der Waals surface area contributed by atoms with E-state index < -0.39 is 5.72 Å². The molecule has 0 saturated heterocycles. The molecular formula is C15H14N2O2. The summed E-state index contributed by atoms with van der Waals surface area (Å²) in [7, 11) is 0. The number of carbonyl (C=O) groups excluding carboxylic acids is 1. The summed E-state index contributed by atoms with van der Waals surface area (Å²) >= 11 is 0. The molecule has 0 fully saturated rings. The van der Waals surface area contributed by atoms with Crippen molar-refractivity contribution < 1.29 is 9.90 Å². The SMILES string of the molecule is CCC1(O)c2ccccc2C(=O)N1c1ccncc1. The van der Waals surface area contributed by atoms with Crippen LogP contribution in [-0.4, -0.2) is 16.0 Å². The van der Waals surface area contributed by atoms with Gasteiger partial charge in [0.2, 0.25) is 0 Å². The van der Waals surface area contributed by atoms with Gasteiger partial charge in [0.1, 0.15) is 0 Å². The van der Waals surface area contributed by atoms with Crippen LogP contribution in [0.25, 0.3) is 0 Å². The van der Waals surface area contributed by atoms with E-state index in [1.165, 1.54) is 4.90 Å². The predicted molar refractivity (Wildman–Crippen MR) is 71.7 cm³/mol. The molecule has 1 atom stereocenters. The summed E-state index contributed by atoms with van der Waals surface area (Å²) in [6, 6.07) is 10.7. The van der Waals surface area contributed by atoms with E-state index in [0.717, 1.165) is 0 Å². The van der Waals surface area contributed by atoms with Crippen LogP contribution >= 0.6 is 0 Å². The van der Waals surface area contributed by atoms with Crippen molar-refractivity contribution >= 4 is 11.6 Å². The van der Waals surface area contributed by atoms with Gasteiger partial charge in [-0.2, -0.15) is 0 Å². The van der Waals surface area contributed by atoms with Crippen molar-refractivity contribution in [3.8, 4) is 0 Å². The Morgan fingerprint density at radius 1 is 1.21 bits per heavy atom. The van der Waals surface area contributed by atoms with Crippen LogP contribution in [0.1, 0.15) is 29.3 Å². The highest BCUT2D eigenvalue weighted by molar-refractivity contribution is 6.11. The molecule has 0 saturated carbocycles. The third kappa shape index (κ3) is 1.57. The van der Waals surface area contributed by atoms with Gasteiger partial charge in [-0.1, -0.05) is 25.1 Å². The molecule has 1 amide bonds. The Kier molecular flexibility index (Phi) is 2.61. The zero-order valence-electron chi connectivity index (χ0n) is 10.6. The average molecular weight is 254 g/mol. The molecule has 4 nitrogen and oxygen atoms in total. The molecular weight excluding hydrogens is 240 g/mol. The molecule has 96 valence electrons. The van der Waals surface area contributed by atoms with Crippen molar-refractivity contribution in [2.45, 2.75) is 19.1 Å². The lowest BCUT2D eigenvalue weighted by molar-refractivity contribution is 0.0358. The van der Waals surface area contributed by atoms with Crippen molar-refractivity contribution in [2.24, 2.45) is 0 Å². The summed E-state index contributed by atoms with van der Waals surface area (Å²) in [5.41, 5.74) is 0.596. The number of aliphatic hydroxyl groups is 1. The molecule has 1 aromatic carbocycles. The van der Waals surface area contributed by atoms with Gasteiger partial charge in [-0.15, -0.1) is 0 Å². The van der Waals surface area contributed by atoms with Crippen molar-refractivity contribution in [3.63, 3.8) is 0 Å². The summed E-state index contributed by atoms with van der Waals surface area (Å²) in [6.07, 6.45) is 3.65. The smallest absolute Gasteiger partial charge is 0.261 e. The third-order valence-corrected chi connectivity index (χ3v) is 3.58. The molecule has 2 heterocycles. The van der Waals surface area contributed by atoms with Gasteiger partial charge in [-0.05, 0) is 24.6 Å². The van der Waals surface area contributed by atoms with Crippen molar-refractivity contribution in [1.82, 2.24) is 4.98 Å². The maximum Gasteiger partial charge on any atom is 0.261 e. The van der Waals surface area contributed by atoms with E-state index >= 15 is 0 Å². The minimum Gasteiger partial charge on any atom is -0.366 e. The first-order valence-electron chi connectivity index (χ1n) is 6.25. The molecule has 0 bridgehead atoms. The number of carbonyl (C=O) groups is 1. The van der Waals surface area contributed by atoms with Gasteiger partial charge >= 0.3 is 0 Å². The summed E-state index contributed by atoms with van der Waals surface area (Å²) in [5.74, 6) is -0.175. The van der Waals surface area contributed by atoms with Gasteiger partial charge in [-0.3, -0.25) is 14.7 Å². The zero-order valence-corrected chi connectivity index (χ0v) is 10.6. The second kappa shape index (κ2) is 4.17. The number of pyridine rings is 1. The third-order valence-electron chi connectivity index (χ3n) is 3.58. The lowest BCUT2D eigenvalue weighted by Gasteiger charge is -2.33. The van der Waals surface area contributed by atoms with E-state index in [4.69, 9.17) is 0 Å². The largest absolute Gasteiger partial charge is 0.366 e. The minimum atomic E-state index is -1.28. The summed E-state index contributed by atoms with van der Waals surface area (Å²) in [6.45, 7) is 1.86. The van der Waals surface area contributed by atoms with Crippen LogP contribution in [0.3, 0.4) is 0 Å². The number of nitrogens with zero attached hydrogens (tertiary/aromatic N) is 2. The zero-order chi connectivity index (χ0) is 13.5.